The largest absolute Gasteiger partial charge is 0.377 e. The molecule has 0 saturated carbocycles. The van der Waals surface area contributed by atoms with Gasteiger partial charge in [-0.05, 0) is 6.07 Å². The number of benzene rings is 1. The van der Waals surface area contributed by atoms with E-state index < -0.39 is 4.92 Å². The lowest BCUT2D eigenvalue weighted by Gasteiger charge is -1.96. The molecule has 0 bridgehead atoms. The van der Waals surface area contributed by atoms with Crippen LogP contribution in [0.3, 0.4) is 0 Å². The van der Waals surface area contributed by atoms with E-state index in [0.717, 1.165) is 0 Å². The molecular formula is C12H11N3O5. The highest BCUT2D eigenvalue weighted by Crippen LogP contribution is 2.27. The van der Waals surface area contributed by atoms with E-state index in [9.17, 15) is 14.9 Å². The lowest BCUT2D eigenvalue weighted by atomic mass is 10.2. The second kappa shape index (κ2) is 6.02. The predicted molar refractivity (Wildman–Crippen MR) is 67.0 cm³/mol. The van der Waals surface area contributed by atoms with E-state index in [2.05, 4.69) is 14.9 Å². The number of hydrogen-bond acceptors (Lipinski definition) is 7. The van der Waals surface area contributed by atoms with Gasteiger partial charge in [-0.3, -0.25) is 14.9 Å². The average Bonchev–Trinajstić information content (AvgIpc) is 2.87. The normalized spacial score (nSPS) is 10.4. The third-order valence-electron chi connectivity index (χ3n) is 2.46. The van der Waals surface area contributed by atoms with E-state index in [-0.39, 0.29) is 41.8 Å². The fraction of sp³-hybridized carbons (Fsp3) is 0.250. The van der Waals surface area contributed by atoms with Crippen molar-refractivity contribution in [2.24, 2.45) is 0 Å². The van der Waals surface area contributed by atoms with E-state index in [0.29, 0.717) is 0 Å². The van der Waals surface area contributed by atoms with E-state index >= 15 is 0 Å². The van der Waals surface area contributed by atoms with Crippen LogP contribution in [0.15, 0.2) is 28.8 Å². The predicted octanol–water partition coefficient (Wildman–Crippen LogP) is 1.40. The quantitative estimate of drug-likeness (QED) is 0.580. The minimum atomic E-state index is -0.526. The van der Waals surface area contributed by atoms with Gasteiger partial charge >= 0.3 is 0 Å². The summed E-state index contributed by atoms with van der Waals surface area (Å²) in [6.07, 6.45) is -0.0680. The molecule has 1 heterocycles. The van der Waals surface area contributed by atoms with Crippen LogP contribution >= 0.6 is 0 Å². The Labute approximate surface area is 113 Å². The van der Waals surface area contributed by atoms with Crippen LogP contribution in [0.5, 0.6) is 0 Å². The van der Waals surface area contributed by atoms with Gasteiger partial charge in [0.1, 0.15) is 12.2 Å². The Balaban J connectivity index is 2.25. The van der Waals surface area contributed by atoms with E-state index in [1.165, 1.54) is 19.2 Å². The van der Waals surface area contributed by atoms with Crippen LogP contribution in [-0.2, 0) is 16.0 Å². The highest BCUT2D eigenvalue weighted by molar-refractivity contribution is 5.81. The molecule has 20 heavy (non-hydrogen) atoms. The summed E-state index contributed by atoms with van der Waals surface area (Å²) < 4.78 is 9.60. The Hall–Kier alpha value is -2.61. The fourth-order valence-corrected chi connectivity index (χ4v) is 1.64. The number of para-hydroxylation sites is 1. The smallest absolute Gasteiger partial charge is 0.280 e. The SMILES string of the molecule is COCC(=O)Cc1nc(-c2ccccc2[N+](=O)[O-])no1. The molecule has 0 atom stereocenters. The highest BCUT2D eigenvalue weighted by Gasteiger charge is 2.19. The maximum Gasteiger partial charge on any atom is 0.280 e. The number of Topliss-reactive ketones (excluding diaryl/α,β-unsaturated/α-hetero) is 1. The third-order valence-corrected chi connectivity index (χ3v) is 2.46. The topological polar surface area (TPSA) is 108 Å². The molecule has 2 rings (SSSR count). The number of carbonyl (C=O) groups excluding carboxylic acids is 1. The first-order valence-electron chi connectivity index (χ1n) is 5.69. The maximum atomic E-state index is 11.4. The number of nitrogens with zero attached hydrogens (tertiary/aromatic N) is 3. The Morgan fingerprint density at radius 2 is 2.20 bits per heavy atom. The lowest BCUT2D eigenvalue weighted by molar-refractivity contribution is -0.384. The Morgan fingerprint density at radius 3 is 2.90 bits per heavy atom. The minimum absolute atomic E-state index is 0.0524. The molecule has 104 valence electrons. The van der Waals surface area contributed by atoms with Crippen LogP contribution in [0.2, 0.25) is 0 Å². The molecule has 0 radical (unpaired) electrons. The van der Waals surface area contributed by atoms with Crippen molar-refractivity contribution in [2.75, 3.05) is 13.7 Å². The number of nitro benzene ring substituents is 1. The Morgan fingerprint density at radius 1 is 1.45 bits per heavy atom. The third kappa shape index (κ3) is 3.04. The van der Waals surface area contributed by atoms with Gasteiger partial charge in [0.05, 0.1) is 11.3 Å². The molecule has 0 N–H and O–H groups in total. The summed E-state index contributed by atoms with van der Waals surface area (Å²) in [6, 6.07) is 6.05. The molecule has 0 amide bonds. The van der Waals surface area contributed by atoms with Gasteiger partial charge in [-0.1, -0.05) is 17.3 Å². The molecular weight excluding hydrogens is 266 g/mol. The summed E-state index contributed by atoms with van der Waals surface area (Å²) in [5.41, 5.74) is 0.120. The average molecular weight is 277 g/mol. The van der Waals surface area contributed by atoms with Crippen molar-refractivity contribution in [1.29, 1.82) is 0 Å². The number of carbonyl (C=O) groups is 1. The van der Waals surface area contributed by atoms with Crippen molar-refractivity contribution < 1.29 is 19.0 Å². The standard InChI is InChI=1S/C12H11N3O5/c1-19-7-8(16)6-11-13-12(14-20-11)9-4-2-3-5-10(9)15(17)18/h2-5H,6-7H2,1H3. The van der Waals surface area contributed by atoms with Crippen molar-refractivity contribution >= 4 is 11.5 Å². The molecule has 1 aromatic carbocycles. The van der Waals surface area contributed by atoms with Gasteiger partial charge in [-0.25, -0.2) is 0 Å². The number of rotatable bonds is 6. The summed E-state index contributed by atoms with van der Waals surface area (Å²) in [6.45, 7) is -0.0524. The number of ketones is 1. The molecule has 2 aromatic rings. The highest BCUT2D eigenvalue weighted by atomic mass is 16.6. The van der Waals surface area contributed by atoms with Gasteiger partial charge in [0, 0.05) is 13.2 Å². The molecule has 0 fully saturated rings. The molecule has 0 unspecified atom stereocenters. The zero-order valence-corrected chi connectivity index (χ0v) is 10.6. The number of nitro groups is 1. The van der Waals surface area contributed by atoms with Gasteiger partial charge in [0.15, 0.2) is 5.78 Å². The molecule has 0 aliphatic rings. The van der Waals surface area contributed by atoms with Crippen molar-refractivity contribution in [3.05, 3.63) is 40.3 Å². The first-order chi connectivity index (χ1) is 9.61. The molecule has 0 aliphatic heterocycles. The lowest BCUT2D eigenvalue weighted by Crippen LogP contribution is -2.09. The van der Waals surface area contributed by atoms with Crippen LogP contribution in [0, 0.1) is 10.1 Å². The summed E-state index contributed by atoms with van der Waals surface area (Å²) in [4.78, 5) is 25.7. The number of methoxy groups -OCH3 is 1. The minimum Gasteiger partial charge on any atom is -0.377 e. The van der Waals surface area contributed by atoms with Crippen molar-refractivity contribution in [3.8, 4) is 11.4 Å². The second-order valence-corrected chi connectivity index (χ2v) is 3.93. The van der Waals surface area contributed by atoms with Gasteiger partial charge in [-0.2, -0.15) is 4.98 Å². The summed E-state index contributed by atoms with van der Waals surface area (Å²) in [7, 11) is 1.41. The molecule has 0 saturated heterocycles. The van der Waals surface area contributed by atoms with Gasteiger partial charge in [-0.15, -0.1) is 0 Å². The molecule has 1 aromatic heterocycles. The number of aromatic nitrogens is 2. The van der Waals surface area contributed by atoms with Crippen LogP contribution in [0.4, 0.5) is 5.69 Å². The van der Waals surface area contributed by atoms with Gasteiger partial charge in [0.2, 0.25) is 11.7 Å². The van der Waals surface area contributed by atoms with E-state index in [1.54, 1.807) is 12.1 Å². The van der Waals surface area contributed by atoms with Gasteiger partial charge < -0.3 is 9.26 Å². The van der Waals surface area contributed by atoms with Crippen LogP contribution < -0.4 is 0 Å². The monoisotopic (exact) mass is 277 g/mol. The Bertz CT molecular complexity index is 638. The Kier molecular flexibility index (Phi) is 4.16. The van der Waals surface area contributed by atoms with Crippen LogP contribution in [0.1, 0.15) is 5.89 Å². The number of hydrogen-bond donors (Lipinski definition) is 0. The molecule has 0 aliphatic carbocycles. The first kappa shape index (κ1) is 13.8. The number of ether oxygens (including phenoxy) is 1. The van der Waals surface area contributed by atoms with Crippen LogP contribution in [-0.4, -0.2) is 34.6 Å². The summed E-state index contributed by atoms with van der Waals surface area (Å²) >= 11 is 0. The first-order valence-corrected chi connectivity index (χ1v) is 5.69. The zero-order chi connectivity index (χ0) is 14.5. The second-order valence-electron chi connectivity index (χ2n) is 3.93. The molecule has 8 heteroatoms. The fourth-order valence-electron chi connectivity index (χ4n) is 1.64. The maximum absolute atomic E-state index is 11.4. The van der Waals surface area contributed by atoms with Gasteiger partial charge in [0.25, 0.3) is 5.69 Å². The van der Waals surface area contributed by atoms with E-state index in [1.807, 2.05) is 0 Å². The summed E-state index contributed by atoms with van der Waals surface area (Å²) in [5, 5.41) is 14.6. The van der Waals surface area contributed by atoms with Crippen molar-refractivity contribution in [1.82, 2.24) is 10.1 Å². The van der Waals surface area contributed by atoms with Crippen LogP contribution in [0.25, 0.3) is 11.4 Å². The van der Waals surface area contributed by atoms with Crippen molar-refractivity contribution in [2.45, 2.75) is 6.42 Å². The van der Waals surface area contributed by atoms with E-state index in [4.69, 9.17) is 4.52 Å². The van der Waals surface area contributed by atoms with Crippen molar-refractivity contribution in [3.63, 3.8) is 0 Å². The molecule has 8 nitrogen and oxygen atoms in total. The summed E-state index contributed by atoms with van der Waals surface area (Å²) in [5.74, 6) is -0.0389. The zero-order valence-electron chi connectivity index (χ0n) is 10.6. The molecule has 0 spiro atoms.